The van der Waals surface area contributed by atoms with E-state index in [-0.39, 0.29) is 0 Å². The van der Waals surface area contributed by atoms with Crippen molar-refractivity contribution in [1.29, 1.82) is 0 Å². The van der Waals surface area contributed by atoms with Crippen LogP contribution in [-0.2, 0) is 6.67 Å². The van der Waals surface area contributed by atoms with Gasteiger partial charge < -0.3 is 0 Å². The molecule has 0 saturated carbocycles. The zero-order valence-corrected chi connectivity index (χ0v) is 11.2. The van der Waals surface area contributed by atoms with E-state index in [1.54, 1.807) is 11.3 Å². The van der Waals surface area contributed by atoms with Gasteiger partial charge in [-0.1, -0.05) is 0 Å². The number of thiophene rings is 1. The smallest absolute Gasteiger partial charge is 0.0932 e. The molecule has 1 saturated heterocycles. The Morgan fingerprint density at radius 3 is 2.88 bits per heavy atom. The number of thioether (sulfide) groups is 1. The van der Waals surface area contributed by atoms with Gasteiger partial charge in [0.1, 0.15) is 0 Å². The lowest BCUT2D eigenvalue weighted by Gasteiger charge is -2.25. The highest BCUT2D eigenvalue weighted by Crippen LogP contribution is 2.20. The molecule has 5 heteroatoms. The van der Waals surface area contributed by atoms with Gasteiger partial charge in [0.25, 0.3) is 0 Å². The molecule has 1 aliphatic rings. The van der Waals surface area contributed by atoms with E-state index in [1.807, 2.05) is 16.4 Å². The number of hydrogen-bond donors (Lipinski definition) is 0. The third kappa shape index (κ3) is 2.73. The lowest BCUT2D eigenvalue weighted by molar-refractivity contribution is 0.228. The summed E-state index contributed by atoms with van der Waals surface area (Å²) >= 11 is 3.76. The summed E-state index contributed by atoms with van der Waals surface area (Å²) in [5.41, 5.74) is 2.31. The molecule has 0 aromatic carbocycles. The van der Waals surface area contributed by atoms with Crippen molar-refractivity contribution >= 4 is 23.1 Å². The van der Waals surface area contributed by atoms with E-state index in [0.29, 0.717) is 0 Å². The van der Waals surface area contributed by atoms with Crippen molar-refractivity contribution in [3.8, 4) is 11.3 Å². The van der Waals surface area contributed by atoms with Crippen molar-refractivity contribution in [2.75, 3.05) is 24.6 Å². The molecule has 0 spiro atoms. The Hall–Kier alpha value is -0.780. The molecule has 1 aliphatic heterocycles. The van der Waals surface area contributed by atoms with Gasteiger partial charge in [-0.3, -0.25) is 9.58 Å². The van der Waals surface area contributed by atoms with Crippen LogP contribution >= 0.6 is 23.1 Å². The van der Waals surface area contributed by atoms with Gasteiger partial charge in [-0.05, 0) is 17.5 Å². The maximum atomic E-state index is 4.62. The first-order valence-corrected chi connectivity index (χ1v) is 7.88. The molecular weight excluding hydrogens is 250 g/mol. The van der Waals surface area contributed by atoms with Crippen LogP contribution in [0.5, 0.6) is 0 Å². The Labute approximate surface area is 109 Å². The van der Waals surface area contributed by atoms with Gasteiger partial charge in [0.05, 0.1) is 12.4 Å². The van der Waals surface area contributed by atoms with Crippen molar-refractivity contribution in [3.05, 3.63) is 29.1 Å². The summed E-state index contributed by atoms with van der Waals surface area (Å²) in [5.74, 6) is 2.50. The minimum atomic E-state index is 0.921. The Balaban J connectivity index is 1.68. The molecule has 1 fully saturated rings. The Morgan fingerprint density at radius 2 is 2.12 bits per heavy atom. The van der Waals surface area contributed by atoms with E-state index >= 15 is 0 Å². The molecule has 2 aromatic rings. The molecule has 3 rings (SSSR count). The van der Waals surface area contributed by atoms with Gasteiger partial charge in [-0.15, -0.1) is 0 Å². The van der Waals surface area contributed by atoms with Gasteiger partial charge in [0, 0.05) is 41.7 Å². The molecule has 0 bridgehead atoms. The monoisotopic (exact) mass is 265 g/mol. The van der Waals surface area contributed by atoms with Crippen molar-refractivity contribution in [2.24, 2.45) is 0 Å². The molecule has 0 unspecified atom stereocenters. The summed E-state index contributed by atoms with van der Waals surface area (Å²) in [7, 11) is 0. The molecular formula is C12H15N3S2. The quantitative estimate of drug-likeness (QED) is 0.851. The summed E-state index contributed by atoms with van der Waals surface area (Å²) in [6.07, 6.45) is 2.08. The van der Waals surface area contributed by atoms with E-state index in [2.05, 4.69) is 39.1 Å². The number of nitrogens with zero attached hydrogens (tertiary/aromatic N) is 3. The van der Waals surface area contributed by atoms with Gasteiger partial charge >= 0.3 is 0 Å². The number of rotatable bonds is 3. The average Bonchev–Trinajstić information content (AvgIpc) is 3.00. The largest absolute Gasteiger partial charge is 0.283 e. The molecule has 3 nitrogen and oxygen atoms in total. The third-order valence-corrected chi connectivity index (χ3v) is 4.53. The topological polar surface area (TPSA) is 21.1 Å². The molecule has 3 heterocycles. The van der Waals surface area contributed by atoms with Crippen molar-refractivity contribution in [1.82, 2.24) is 14.7 Å². The molecule has 17 heavy (non-hydrogen) atoms. The van der Waals surface area contributed by atoms with E-state index in [9.17, 15) is 0 Å². The molecule has 0 aliphatic carbocycles. The molecule has 0 radical (unpaired) electrons. The molecule has 2 aromatic heterocycles. The lowest BCUT2D eigenvalue weighted by Crippen LogP contribution is -2.34. The maximum absolute atomic E-state index is 4.62. The standard InChI is InChI=1S/C12H15N3S2/c1-3-15(10-14-4-7-16-8-5-14)13-12(1)11-2-6-17-9-11/h1-3,6,9H,4-5,7-8,10H2. The Morgan fingerprint density at radius 1 is 1.24 bits per heavy atom. The molecule has 0 atom stereocenters. The second kappa shape index (κ2) is 5.25. The first-order chi connectivity index (χ1) is 8.42. The number of hydrogen-bond acceptors (Lipinski definition) is 4. The van der Waals surface area contributed by atoms with Crippen LogP contribution in [0, 0.1) is 0 Å². The minimum Gasteiger partial charge on any atom is -0.283 e. The van der Waals surface area contributed by atoms with E-state index in [0.717, 1.165) is 12.4 Å². The zero-order chi connectivity index (χ0) is 11.5. The predicted molar refractivity (Wildman–Crippen MR) is 74.4 cm³/mol. The minimum absolute atomic E-state index is 0.921. The highest BCUT2D eigenvalue weighted by molar-refractivity contribution is 7.99. The fraction of sp³-hybridized carbons (Fsp3) is 0.417. The summed E-state index contributed by atoms with van der Waals surface area (Å²) in [6, 6.07) is 4.22. The van der Waals surface area contributed by atoms with Crippen LogP contribution < -0.4 is 0 Å². The van der Waals surface area contributed by atoms with Crippen molar-refractivity contribution < 1.29 is 0 Å². The van der Waals surface area contributed by atoms with E-state index < -0.39 is 0 Å². The summed E-state index contributed by atoms with van der Waals surface area (Å²) in [6.45, 7) is 3.28. The van der Waals surface area contributed by atoms with Crippen LogP contribution in [0.15, 0.2) is 29.1 Å². The fourth-order valence-corrected chi connectivity index (χ4v) is 3.58. The zero-order valence-electron chi connectivity index (χ0n) is 9.58. The van der Waals surface area contributed by atoms with E-state index in [4.69, 9.17) is 0 Å². The predicted octanol–water partition coefficient (Wildman–Crippen LogP) is 2.62. The van der Waals surface area contributed by atoms with Crippen LogP contribution in [0.3, 0.4) is 0 Å². The van der Waals surface area contributed by atoms with Crippen LogP contribution in [0.25, 0.3) is 11.3 Å². The van der Waals surface area contributed by atoms with Gasteiger partial charge in [-0.2, -0.15) is 28.2 Å². The first kappa shape index (κ1) is 11.3. The maximum Gasteiger partial charge on any atom is 0.0932 e. The average molecular weight is 265 g/mol. The SMILES string of the molecule is c1cc(-c2ccn(CN3CCSCC3)n2)cs1. The van der Waals surface area contributed by atoms with Crippen LogP contribution in [0.4, 0.5) is 0 Å². The van der Waals surface area contributed by atoms with Gasteiger partial charge in [0.15, 0.2) is 0 Å². The van der Waals surface area contributed by atoms with Crippen LogP contribution in [0.1, 0.15) is 0 Å². The lowest BCUT2D eigenvalue weighted by atomic mass is 10.2. The highest BCUT2D eigenvalue weighted by atomic mass is 32.2. The molecule has 0 amide bonds. The van der Waals surface area contributed by atoms with Crippen LogP contribution in [-0.4, -0.2) is 39.3 Å². The van der Waals surface area contributed by atoms with Gasteiger partial charge in [-0.25, -0.2) is 0 Å². The Kier molecular flexibility index (Phi) is 3.49. The normalized spacial score (nSPS) is 17.4. The second-order valence-electron chi connectivity index (χ2n) is 4.12. The van der Waals surface area contributed by atoms with Crippen molar-refractivity contribution in [2.45, 2.75) is 6.67 Å². The first-order valence-electron chi connectivity index (χ1n) is 5.78. The van der Waals surface area contributed by atoms with Gasteiger partial charge in [0.2, 0.25) is 0 Å². The highest BCUT2D eigenvalue weighted by Gasteiger charge is 2.11. The number of aromatic nitrogens is 2. The van der Waals surface area contributed by atoms with E-state index in [1.165, 1.54) is 30.2 Å². The summed E-state index contributed by atoms with van der Waals surface area (Å²) < 4.78 is 2.04. The molecule has 0 N–H and O–H groups in total. The summed E-state index contributed by atoms with van der Waals surface area (Å²) in [5, 5.41) is 8.86. The third-order valence-electron chi connectivity index (χ3n) is 2.91. The Bertz CT molecular complexity index is 458. The fourth-order valence-electron chi connectivity index (χ4n) is 1.95. The van der Waals surface area contributed by atoms with Crippen molar-refractivity contribution in [3.63, 3.8) is 0 Å². The van der Waals surface area contributed by atoms with Crippen LogP contribution in [0.2, 0.25) is 0 Å². The summed E-state index contributed by atoms with van der Waals surface area (Å²) in [4.78, 5) is 2.46. The molecule has 90 valence electrons. The second-order valence-corrected chi connectivity index (χ2v) is 6.13.